The second kappa shape index (κ2) is 7.56. The lowest BCUT2D eigenvalue weighted by atomic mass is 10.2. The first kappa shape index (κ1) is 16.0. The Hall–Kier alpha value is -1.40. The molecule has 0 aromatic carbocycles. The molecule has 0 radical (unpaired) electrons. The first-order valence-electron chi connectivity index (χ1n) is 7.71. The predicted molar refractivity (Wildman–Crippen MR) is 81.4 cm³/mol. The predicted octanol–water partition coefficient (Wildman–Crippen LogP) is 1.05. The lowest BCUT2D eigenvalue weighted by molar-refractivity contribution is 0.0667. The normalized spacial score (nSPS) is 18.1. The van der Waals surface area contributed by atoms with Crippen LogP contribution in [0.15, 0.2) is 6.07 Å². The molecule has 6 heteroatoms. The Morgan fingerprint density at radius 3 is 3.05 bits per heavy atom. The van der Waals surface area contributed by atoms with E-state index in [4.69, 9.17) is 4.74 Å². The number of hydrogen-bond acceptors (Lipinski definition) is 4. The van der Waals surface area contributed by atoms with Gasteiger partial charge in [0.1, 0.15) is 5.69 Å². The third-order valence-corrected chi connectivity index (χ3v) is 3.88. The number of hydrogen-bond donors (Lipinski definition) is 1. The van der Waals surface area contributed by atoms with Crippen LogP contribution >= 0.6 is 0 Å². The molecule has 1 unspecified atom stereocenters. The topological polar surface area (TPSA) is 59.4 Å². The fourth-order valence-corrected chi connectivity index (χ4v) is 2.78. The highest BCUT2D eigenvalue weighted by molar-refractivity contribution is 5.92. The highest BCUT2D eigenvalue weighted by Crippen LogP contribution is 2.12. The number of nitrogens with one attached hydrogen (secondary N) is 1. The van der Waals surface area contributed by atoms with Crippen molar-refractivity contribution in [3.05, 3.63) is 17.5 Å². The van der Waals surface area contributed by atoms with Gasteiger partial charge in [-0.25, -0.2) is 0 Å². The molecule has 0 bridgehead atoms. The molecule has 2 rings (SSSR count). The molecule has 0 spiro atoms. The fourth-order valence-electron chi connectivity index (χ4n) is 2.78. The quantitative estimate of drug-likeness (QED) is 0.817. The first-order chi connectivity index (χ1) is 10.2. The Morgan fingerprint density at radius 1 is 1.62 bits per heavy atom. The van der Waals surface area contributed by atoms with E-state index in [1.54, 1.807) is 11.8 Å². The van der Waals surface area contributed by atoms with E-state index in [2.05, 4.69) is 10.4 Å². The lowest BCUT2D eigenvalue weighted by Crippen LogP contribution is -2.43. The van der Waals surface area contributed by atoms with Gasteiger partial charge in [0.15, 0.2) is 0 Å². The molecule has 1 saturated heterocycles. The van der Waals surface area contributed by atoms with Crippen LogP contribution < -0.4 is 5.32 Å². The summed E-state index contributed by atoms with van der Waals surface area (Å²) in [4.78, 5) is 14.7. The Labute approximate surface area is 126 Å². The van der Waals surface area contributed by atoms with Crippen molar-refractivity contribution in [3.8, 4) is 0 Å². The standard InChI is InChI=1S/C15H26N4O2/c1-4-19-14(10-12(2)17-19)15(20)18(8-9-21-3)11-13-6-5-7-16-13/h10,13,16H,4-9,11H2,1-3H3. The molecule has 2 heterocycles. The van der Waals surface area contributed by atoms with Crippen LogP contribution in [0.3, 0.4) is 0 Å². The zero-order valence-corrected chi connectivity index (χ0v) is 13.3. The molecular formula is C15H26N4O2. The molecular weight excluding hydrogens is 268 g/mol. The molecule has 1 N–H and O–H groups in total. The molecule has 6 nitrogen and oxygen atoms in total. The van der Waals surface area contributed by atoms with Gasteiger partial charge in [-0.1, -0.05) is 0 Å². The van der Waals surface area contributed by atoms with E-state index in [0.29, 0.717) is 31.4 Å². The van der Waals surface area contributed by atoms with E-state index >= 15 is 0 Å². The minimum Gasteiger partial charge on any atom is -0.383 e. The number of rotatable bonds is 7. The van der Waals surface area contributed by atoms with Crippen molar-refractivity contribution in [2.75, 3.05) is 33.4 Å². The number of ether oxygens (including phenoxy) is 1. The lowest BCUT2D eigenvalue weighted by Gasteiger charge is -2.25. The van der Waals surface area contributed by atoms with Crippen LogP contribution in [-0.2, 0) is 11.3 Å². The number of carbonyl (C=O) groups excluding carboxylic acids is 1. The Kier molecular flexibility index (Phi) is 5.76. The summed E-state index contributed by atoms with van der Waals surface area (Å²) in [6.45, 7) is 7.56. The van der Waals surface area contributed by atoms with Crippen LogP contribution in [0.5, 0.6) is 0 Å². The van der Waals surface area contributed by atoms with E-state index < -0.39 is 0 Å². The molecule has 0 saturated carbocycles. The molecule has 1 amide bonds. The Balaban J connectivity index is 2.11. The molecule has 118 valence electrons. The van der Waals surface area contributed by atoms with Gasteiger partial charge in [0.05, 0.1) is 12.3 Å². The zero-order chi connectivity index (χ0) is 15.2. The summed E-state index contributed by atoms with van der Waals surface area (Å²) in [7, 11) is 1.66. The van der Waals surface area contributed by atoms with E-state index in [9.17, 15) is 4.79 Å². The largest absolute Gasteiger partial charge is 0.383 e. The van der Waals surface area contributed by atoms with Crippen LogP contribution in [0.1, 0.15) is 35.9 Å². The maximum atomic E-state index is 12.8. The monoisotopic (exact) mass is 294 g/mol. The summed E-state index contributed by atoms with van der Waals surface area (Å²) in [5.74, 6) is 0.0446. The number of aryl methyl sites for hydroxylation is 2. The summed E-state index contributed by atoms with van der Waals surface area (Å²) >= 11 is 0. The SMILES string of the molecule is CCn1nc(C)cc1C(=O)N(CCOC)CC1CCCN1. The van der Waals surface area contributed by atoms with Gasteiger partial charge < -0.3 is 15.0 Å². The number of carbonyl (C=O) groups is 1. The molecule has 1 fully saturated rings. The Bertz CT molecular complexity index is 466. The Morgan fingerprint density at radius 2 is 2.43 bits per heavy atom. The van der Waals surface area contributed by atoms with Crippen LogP contribution in [-0.4, -0.2) is 60.0 Å². The maximum absolute atomic E-state index is 12.8. The van der Waals surface area contributed by atoms with Crippen molar-refractivity contribution in [2.24, 2.45) is 0 Å². The molecule has 0 aliphatic carbocycles. The zero-order valence-electron chi connectivity index (χ0n) is 13.3. The maximum Gasteiger partial charge on any atom is 0.272 e. The van der Waals surface area contributed by atoms with Gasteiger partial charge in [-0.05, 0) is 39.3 Å². The van der Waals surface area contributed by atoms with Gasteiger partial charge in [-0.2, -0.15) is 5.10 Å². The van der Waals surface area contributed by atoms with Crippen LogP contribution in [0.2, 0.25) is 0 Å². The van der Waals surface area contributed by atoms with Gasteiger partial charge in [-0.15, -0.1) is 0 Å². The van der Waals surface area contributed by atoms with Crippen molar-refractivity contribution in [1.82, 2.24) is 20.0 Å². The highest BCUT2D eigenvalue weighted by Gasteiger charge is 2.24. The third-order valence-electron chi connectivity index (χ3n) is 3.88. The van der Waals surface area contributed by atoms with Gasteiger partial charge in [-0.3, -0.25) is 9.48 Å². The minimum atomic E-state index is 0.0446. The third kappa shape index (κ3) is 4.04. The second-order valence-corrected chi connectivity index (χ2v) is 5.52. The van der Waals surface area contributed by atoms with Crippen molar-refractivity contribution < 1.29 is 9.53 Å². The van der Waals surface area contributed by atoms with E-state index in [0.717, 1.165) is 25.2 Å². The van der Waals surface area contributed by atoms with Crippen molar-refractivity contribution in [1.29, 1.82) is 0 Å². The van der Waals surface area contributed by atoms with Crippen molar-refractivity contribution in [2.45, 2.75) is 39.3 Å². The fraction of sp³-hybridized carbons (Fsp3) is 0.733. The second-order valence-electron chi connectivity index (χ2n) is 5.52. The van der Waals surface area contributed by atoms with Gasteiger partial charge >= 0.3 is 0 Å². The summed E-state index contributed by atoms with van der Waals surface area (Å²) in [5, 5.41) is 7.81. The van der Waals surface area contributed by atoms with Crippen LogP contribution in [0.4, 0.5) is 0 Å². The molecule has 1 atom stereocenters. The van der Waals surface area contributed by atoms with Crippen molar-refractivity contribution in [3.63, 3.8) is 0 Å². The smallest absolute Gasteiger partial charge is 0.272 e. The molecule has 21 heavy (non-hydrogen) atoms. The van der Waals surface area contributed by atoms with Crippen LogP contribution in [0, 0.1) is 6.92 Å². The average Bonchev–Trinajstić information content (AvgIpc) is 3.11. The highest BCUT2D eigenvalue weighted by atomic mass is 16.5. The summed E-state index contributed by atoms with van der Waals surface area (Å²) in [6.07, 6.45) is 2.31. The molecule has 1 aromatic heterocycles. The van der Waals surface area contributed by atoms with E-state index in [-0.39, 0.29) is 5.91 Å². The number of aromatic nitrogens is 2. The number of methoxy groups -OCH3 is 1. The van der Waals surface area contributed by atoms with Gasteiger partial charge in [0, 0.05) is 32.8 Å². The average molecular weight is 294 g/mol. The summed E-state index contributed by atoms with van der Waals surface area (Å²) in [5.41, 5.74) is 1.55. The number of amides is 1. The number of nitrogens with zero attached hydrogens (tertiary/aromatic N) is 3. The van der Waals surface area contributed by atoms with Crippen molar-refractivity contribution >= 4 is 5.91 Å². The summed E-state index contributed by atoms with van der Waals surface area (Å²) < 4.78 is 6.93. The summed E-state index contributed by atoms with van der Waals surface area (Å²) in [6, 6.07) is 2.26. The van der Waals surface area contributed by atoms with Gasteiger partial charge in [0.2, 0.25) is 0 Å². The first-order valence-corrected chi connectivity index (χ1v) is 7.71. The van der Waals surface area contributed by atoms with Gasteiger partial charge in [0.25, 0.3) is 5.91 Å². The van der Waals surface area contributed by atoms with E-state index in [1.165, 1.54) is 6.42 Å². The minimum absolute atomic E-state index is 0.0446. The molecule has 1 aromatic rings. The van der Waals surface area contributed by atoms with Crippen LogP contribution in [0.25, 0.3) is 0 Å². The molecule has 1 aliphatic rings. The van der Waals surface area contributed by atoms with E-state index in [1.807, 2.05) is 24.8 Å². The molecule has 1 aliphatic heterocycles.